The van der Waals surface area contributed by atoms with Crippen molar-refractivity contribution in [2.45, 2.75) is 20.8 Å². The van der Waals surface area contributed by atoms with Gasteiger partial charge in [-0.1, -0.05) is 6.07 Å². The third-order valence-electron chi connectivity index (χ3n) is 2.87. The van der Waals surface area contributed by atoms with Gasteiger partial charge >= 0.3 is 11.6 Å². The molecule has 7 heteroatoms. The fourth-order valence-corrected chi connectivity index (χ4v) is 1.88. The topological polar surface area (TPSA) is 78.2 Å². The molecule has 0 aliphatic rings. The predicted octanol–water partition coefficient (Wildman–Crippen LogP) is 3.76. The summed E-state index contributed by atoms with van der Waals surface area (Å²) in [5, 5.41) is 11.0. The third-order valence-corrected chi connectivity index (χ3v) is 3.04. The van der Waals surface area contributed by atoms with Crippen molar-refractivity contribution in [2.75, 3.05) is 0 Å². The van der Waals surface area contributed by atoms with Gasteiger partial charge in [0.05, 0.1) is 4.92 Å². The van der Waals surface area contributed by atoms with Gasteiger partial charge < -0.3 is 4.74 Å². The number of aromatic nitrogens is 2. The lowest BCUT2D eigenvalue weighted by Gasteiger charge is -2.08. The lowest BCUT2D eigenvalue weighted by molar-refractivity contribution is -0.386. The van der Waals surface area contributed by atoms with Gasteiger partial charge in [-0.25, -0.2) is 4.98 Å². The van der Waals surface area contributed by atoms with E-state index < -0.39 is 4.92 Å². The SMILES string of the molecule is Cc1ccc(Oc2nc(Cl)nc(C)c2[N+](=O)[O-])cc1C. The minimum Gasteiger partial charge on any atom is -0.434 e. The van der Waals surface area contributed by atoms with Gasteiger partial charge in [-0.3, -0.25) is 10.1 Å². The van der Waals surface area contributed by atoms with Crippen molar-refractivity contribution < 1.29 is 9.66 Å². The predicted molar refractivity (Wildman–Crippen MR) is 74.4 cm³/mol. The van der Waals surface area contributed by atoms with E-state index in [0.29, 0.717) is 5.75 Å². The minimum atomic E-state index is -0.581. The van der Waals surface area contributed by atoms with Crippen LogP contribution in [-0.2, 0) is 0 Å². The molecule has 0 aliphatic heterocycles. The van der Waals surface area contributed by atoms with Crippen molar-refractivity contribution in [3.63, 3.8) is 0 Å². The second-order valence-corrected chi connectivity index (χ2v) is 4.68. The normalized spacial score (nSPS) is 10.4. The minimum absolute atomic E-state index is 0.0908. The highest BCUT2D eigenvalue weighted by molar-refractivity contribution is 6.28. The number of rotatable bonds is 3. The molecule has 2 rings (SSSR count). The molecular weight excluding hydrogens is 282 g/mol. The maximum Gasteiger partial charge on any atom is 0.352 e. The molecule has 0 radical (unpaired) electrons. The van der Waals surface area contributed by atoms with Crippen LogP contribution in [0.2, 0.25) is 5.28 Å². The summed E-state index contributed by atoms with van der Waals surface area (Å²) in [6, 6.07) is 5.37. The van der Waals surface area contributed by atoms with E-state index in [9.17, 15) is 10.1 Å². The zero-order chi connectivity index (χ0) is 14.9. The van der Waals surface area contributed by atoms with Crippen LogP contribution in [0.15, 0.2) is 18.2 Å². The Hall–Kier alpha value is -2.21. The van der Waals surface area contributed by atoms with Gasteiger partial charge in [-0.05, 0) is 55.6 Å². The molecule has 1 aromatic heterocycles. The molecule has 0 spiro atoms. The molecule has 0 aliphatic carbocycles. The van der Waals surface area contributed by atoms with Crippen LogP contribution in [0, 0.1) is 30.9 Å². The molecule has 2 aromatic rings. The maximum atomic E-state index is 11.1. The van der Waals surface area contributed by atoms with Crippen LogP contribution in [0.25, 0.3) is 0 Å². The number of hydrogen-bond acceptors (Lipinski definition) is 5. The van der Waals surface area contributed by atoms with Crippen molar-refractivity contribution in [2.24, 2.45) is 0 Å². The molecular formula is C13H12ClN3O3. The molecule has 0 fully saturated rings. The lowest BCUT2D eigenvalue weighted by atomic mass is 10.1. The van der Waals surface area contributed by atoms with Crippen molar-refractivity contribution in [1.82, 2.24) is 9.97 Å². The highest BCUT2D eigenvalue weighted by Gasteiger charge is 2.23. The van der Waals surface area contributed by atoms with Crippen molar-refractivity contribution >= 4 is 17.3 Å². The Balaban J connectivity index is 2.47. The fraction of sp³-hybridized carbons (Fsp3) is 0.231. The molecule has 1 heterocycles. The molecule has 20 heavy (non-hydrogen) atoms. The summed E-state index contributed by atoms with van der Waals surface area (Å²) >= 11 is 5.72. The first-order valence-electron chi connectivity index (χ1n) is 5.82. The summed E-state index contributed by atoms with van der Waals surface area (Å²) in [4.78, 5) is 18.0. The van der Waals surface area contributed by atoms with Gasteiger partial charge in [0.2, 0.25) is 5.28 Å². The lowest BCUT2D eigenvalue weighted by Crippen LogP contribution is -2.01. The largest absolute Gasteiger partial charge is 0.434 e. The second kappa shape index (κ2) is 5.42. The first-order valence-corrected chi connectivity index (χ1v) is 6.20. The van der Waals surface area contributed by atoms with Crippen LogP contribution < -0.4 is 4.74 Å². The fourth-order valence-electron chi connectivity index (χ4n) is 1.68. The first kappa shape index (κ1) is 14.2. The number of aryl methyl sites for hydroxylation is 3. The van der Waals surface area contributed by atoms with Crippen molar-refractivity contribution in [3.8, 4) is 11.6 Å². The van der Waals surface area contributed by atoms with Gasteiger partial charge in [0, 0.05) is 0 Å². The molecule has 1 aromatic carbocycles. The molecule has 0 N–H and O–H groups in total. The van der Waals surface area contributed by atoms with Crippen LogP contribution in [-0.4, -0.2) is 14.9 Å². The monoisotopic (exact) mass is 293 g/mol. The second-order valence-electron chi connectivity index (χ2n) is 4.34. The van der Waals surface area contributed by atoms with Gasteiger partial charge in [-0.15, -0.1) is 0 Å². The van der Waals surface area contributed by atoms with Crippen LogP contribution >= 0.6 is 11.6 Å². The Morgan fingerprint density at radius 3 is 2.50 bits per heavy atom. The molecule has 0 unspecified atom stereocenters. The summed E-state index contributed by atoms with van der Waals surface area (Å²) in [6.45, 7) is 5.38. The van der Waals surface area contributed by atoms with Crippen molar-refractivity contribution in [3.05, 3.63) is 50.4 Å². The molecule has 0 saturated heterocycles. The summed E-state index contributed by atoms with van der Waals surface area (Å²) < 4.78 is 5.49. The van der Waals surface area contributed by atoms with E-state index in [-0.39, 0.29) is 22.5 Å². The number of nitrogens with zero attached hydrogens (tertiary/aromatic N) is 3. The van der Waals surface area contributed by atoms with E-state index in [0.717, 1.165) is 11.1 Å². The Kier molecular flexibility index (Phi) is 3.85. The van der Waals surface area contributed by atoms with Crippen LogP contribution in [0.3, 0.4) is 0 Å². The number of ether oxygens (including phenoxy) is 1. The summed E-state index contributed by atoms with van der Waals surface area (Å²) in [5.74, 6) is 0.307. The summed E-state index contributed by atoms with van der Waals surface area (Å²) in [7, 11) is 0. The quantitative estimate of drug-likeness (QED) is 0.489. The van der Waals surface area contributed by atoms with Crippen LogP contribution in [0.5, 0.6) is 11.6 Å². The van der Waals surface area contributed by atoms with Gasteiger partial charge in [-0.2, -0.15) is 4.98 Å². The molecule has 104 valence electrons. The van der Waals surface area contributed by atoms with Crippen LogP contribution in [0.4, 0.5) is 5.69 Å². The highest BCUT2D eigenvalue weighted by Crippen LogP contribution is 2.32. The van der Waals surface area contributed by atoms with Gasteiger partial charge in [0.15, 0.2) is 0 Å². The standard InChI is InChI=1S/C13H12ClN3O3/c1-7-4-5-10(6-8(7)2)20-12-11(17(18)19)9(3)15-13(14)16-12/h4-6H,1-3H3. The van der Waals surface area contributed by atoms with Crippen molar-refractivity contribution in [1.29, 1.82) is 0 Å². The molecule has 0 saturated carbocycles. The average Bonchev–Trinajstić information content (AvgIpc) is 2.32. The summed E-state index contributed by atoms with van der Waals surface area (Å²) in [5.41, 5.74) is 1.99. The number of hydrogen-bond donors (Lipinski definition) is 0. The zero-order valence-corrected chi connectivity index (χ0v) is 11.9. The van der Waals surface area contributed by atoms with E-state index in [1.165, 1.54) is 6.92 Å². The third kappa shape index (κ3) is 2.85. The number of benzene rings is 1. The van der Waals surface area contributed by atoms with Crippen LogP contribution in [0.1, 0.15) is 16.8 Å². The van der Waals surface area contributed by atoms with Gasteiger partial charge in [0.1, 0.15) is 11.4 Å². The van der Waals surface area contributed by atoms with E-state index in [1.54, 1.807) is 12.1 Å². The smallest absolute Gasteiger partial charge is 0.352 e. The Morgan fingerprint density at radius 1 is 1.20 bits per heavy atom. The molecule has 0 amide bonds. The molecule has 0 atom stereocenters. The zero-order valence-electron chi connectivity index (χ0n) is 11.2. The number of halogens is 1. The van der Waals surface area contributed by atoms with E-state index >= 15 is 0 Å². The molecule has 6 nitrogen and oxygen atoms in total. The van der Waals surface area contributed by atoms with E-state index in [2.05, 4.69) is 9.97 Å². The Bertz CT molecular complexity index is 689. The van der Waals surface area contributed by atoms with E-state index in [1.807, 2.05) is 19.9 Å². The number of nitro groups is 1. The average molecular weight is 294 g/mol. The molecule has 0 bridgehead atoms. The van der Waals surface area contributed by atoms with Gasteiger partial charge in [0.25, 0.3) is 0 Å². The maximum absolute atomic E-state index is 11.1. The first-order chi connectivity index (χ1) is 9.38. The Labute approximate surface area is 120 Å². The Morgan fingerprint density at radius 2 is 1.90 bits per heavy atom. The van der Waals surface area contributed by atoms with E-state index in [4.69, 9.17) is 16.3 Å². The highest BCUT2D eigenvalue weighted by atomic mass is 35.5. The summed E-state index contributed by atoms with van der Waals surface area (Å²) in [6.07, 6.45) is 0.